The molecule has 2 amide bonds. The molecule has 0 atom stereocenters. The summed E-state index contributed by atoms with van der Waals surface area (Å²) in [4.78, 5) is 28.4. The average molecular weight is 366 g/mol. The van der Waals surface area contributed by atoms with Gasteiger partial charge in [-0.3, -0.25) is 14.2 Å². The van der Waals surface area contributed by atoms with Crippen LogP contribution >= 0.6 is 11.8 Å². The molecule has 3 rings (SSSR count). The third kappa shape index (κ3) is 3.78. The lowest BCUT2D eigenvalue weighted by molar-refractivity contribution is 0.0961. The van der Waals surface area contributed by atoms with E-state index in [1.165, 1.54) is 0 Å². The smallest absolute Gasteiger partial charge is 0.255 e. The number of nitrogens with zero attached hydrogens (tertiary/aromatic N) is 2. The molecule has 2 N–H and O–H groups in total. The van der Waals surface area contributed by atoms with E-state index in [9.17, 15) is 9.59 Å². The number of hydrogen-bond donors (Lipinski definition) is 2. The monoisotopic (exact) mass is 366 g/mol. The first-order chi connectivity index (χ1) is 12.6. The molecule has 0 aliphatic carbocycles. The number of hydrogen-bond acceptors (Lipinski definition) is 4. The number of carbonyl (C=O) groups excluding carboxylic acids is 2. The fraction of sp³-hybridized carbons (Fsp3) is 0.105. The summed E-state index contributed by atoms with van der Waals surface area (Å²) in [7, 11) is 1.57. The molecule has 0 saturated heterocycles. The molecule has 2 aromatic carbocycles. The maximum atomic E-state index is 12.5. The summed E-state index contributed by atoms with van der Waals surface area (Å²) in [5.41, 5.74) is 2.53. The summed E-state index contributed by atoms with van der Waals surface area (Å²) < 4.78 is 1.96. The van der Waals surface area contributed by atoms with Gasteiger partial charge in [0.05, 0.1) is 0 Å². The number of amides is 2. The van der Waals surface area contributed by atoms with Crippen molar-refractivity contribution in [2.24, 2.45) is 0 Å². The van der Waals surface area contributed by atoms with Crippen molar-refractivity contribution in [2.75, 3.05) is 18.6 Å². The predicted molar refractivity (Wildman–Crippen MR) is 103 cm³/mol. The van der Waals surface area contributed by atoms with Gasteiger partial charge in [-0.25, -0.2) is 4.98 Å². The average Bonchev–Trinajstić information content (AvgIpc) is 3.16. The highest BCUT2D eigenvalue weighted by Gasteiger charge is 2.10. The molecule has 0 saturated carbocycles. The van der Waals surface area contributed by atoms with Gasteiger partial charge in [0.1, 0.15) is 0 Å². The molecule has 0 radical (unpaired) electrons. The Hall–Kier alpha value is -3.06. The Morgan fingerprint density at radius 2 is 1.81 bits per heavy atom. The highest BCUT2D eigenvalue weighted by Crippen LogP contribution is 2.19. The van der Waals surface area contributed by atoms with Crippen molar-refractivity contribution < 1.29 is 9.59 Å². The lowest BCUT2D eigenvalue weighted by Gasteiger charge is -2.09. The summed E-state index contributed by atoms with van der Waals surface area (Å²) >= 11 is 1.55. The van der Waals surface area contributed by atoms with E-state index >= 15 is 0 Å². The van der Waals surface area contributed by atoms with Crippen LogP contribution in [0.1, 0.15) is 20.7 Å². The van der Waals surface area contributed by atoms with Gasteiger partial charge in [-0.2, -0.15) is 0 Å². The van der Waals surface area contributed by atoms with Crippen LogP contribution in [0.2, 0.25) is 0 Å². The Morgan fingerprint density at radius 3 is 2.50 bits per heavy atom. The minimum Gasteiger partial charge on any atom is -0.355 e. The molecule has 0 aliphatic heterocycles. The van der Waals surface area contributed by atoms with Crippen molar-refractivity contribution >= 4 is 29.3 Å². The second kappa shape index (κ2) is 7.88. The number of rotatable bonds is 5. The molecule has 7 heteroatoms. The first-order valence-electron chi connectivity index (χ1n) is 7.93. The zero-order chi connectivity index (χ0) is 18.5. The van der Waals surface area contributed by atoms with Gasteiger partial charge in [-0.15, -0.1) is 0 Å². The van der Waals surface area contributed by atoms with Gasteiger partial charge in [0.2, 0.25) is 0 Å². The summed E-state index contributed by atoms with van der Waals surface area (Å²) in [5.74, 6) is -0.434. The van der Waals surface area contributed by atoms with Crippen LogP contribution in [0.15, 0.2) is 66.1 Å². The summed E-state index contributed by atoms with van der Waals surface area (Å²) in [6.45, 7) is 0. The molecule has 0 aliphatic rings. The van der Waals surface area contributed by atoms with Gasteiger partial charge >= 0.3 is 0 Å². The maximum Gasteiger partial charge on any atom is 0.255 e. The third-order valence-corrected chi connectivity index (χ3v) is 4.47. The number of imidazole rings is 1. The van der Waals surface area contributed by atoms with E-state index < -0.39 is 0 Å². The van der Waals surface area contributed by atoms with E-state index in [1.807, 2.05) is 29.2 Å². The van der Waals surface area contributed by atoms with E-state index in [1.54, 1.807) is 61.4 Å². The highest BCUT2D eigenvalue weighted by molar-refractivity contribution is 7.98. The Kier molecular flexibility index (Phi) is 5.38. The van der Waals surface area contributed by atoms with E-state index in [0.717, 1.165) is 10.8 Å². The van der Waals surface area contributed by atoms with E-state index in [-0.39, 0.29) is 11.8 Å². The normalized spacial score (nSPS) is 10.4. The molecule has 26 heavy (non-hydrogen) atoms. The summed E-state index contributed by atoms with van der Waals surface area (Å²) in [6, 6.07) is 14.1. The molecular formula is C19H18N4O2S. The number of aromatic nitrogens is 2. The highest BCUT2D eigenvalue weighted by atomic mass is 32.2. The van der Waals surface area contributed by atoms with Crippen LogP contribution in [0, 0.1) is 0 Å². The fourth-order valence-corrected chi connectivity index (χ4v) is 3.03. The molecule has 132 valence electrons. The minimum absolute atomic E-state index is 0.199. The molecule has 0 spiro atoms. The minimum atomic E-state index is -0.235. The van der Waals surface area contributed by atoms with E-state index in [4.69, 9.17) is 0 Å². The predicted octanol–water partition coefficient (Wildman–Crippen LogP) is 3.21. The van der Waals surface area contributed by atoms with E-state index in [0.29, 0.717) is 16.8 Å². The second-order valence-electron chi connectivity index (χ2n) is 5.44. The number of thioether (sulfide) groups is 1. The topological polar surface area (TPSA) is 76.0 Å². The fourth-order valence-electron chi connectivity index (χ4n) is 2.50. The maximum absolute atomic E-state index is 12.5. The standard InChI is InChI=1S/C19H18N4O2S/c1-20-17(24)14-4-3-5-15(12-14)22-18(25)13-6-8-16(9-7-13)23-11-10-21-19(23)26-2/h3-12H,1-2H3,(H,20,24)(H,22,25). The zero-order valence-corrected chi connectivity index (χ0v) is 15.2. The SMILES string of the molecule is CNC(=O)c1cccc(NC(=O)c2ccc(-n3ccnc3SC)cc2)c1. The van der Waals surface area contributed by atoms with E-state index in [2.05, 4.69) is 15.6 Å². The molecule has 1 heterocycles. The molecule has 1 aromatic heterocycles. The Morgan fingerprint density at radius 1 is 1.04 bits per heavy atom. The summed E-state index contributed by atoms with van der Waals surface area (Å²) in [5, 5.41) is 6.26. The molecular weight excluding hydrogens is 348 g/mol. The second-order valence-corrected chi connectivity index (χ2v) is 6.22. The first-order valence-corrected chi connectivity index (χ1v) is 9.16. The lowest BCUT2D eigenvalue weighted by Crippen LogP contribution is -2.18. The molecule has 6 nitrogen and oxygen atoms in total. The number of nitrogens with one attached hydrogen (secondary N) is 2. The van der Waals surface area contributed by atoms with Gasteiger partial charge in [0.15, 0.2) is 5.16 Å². The number of anilines is 1. The largest absolute Gasteiger partial charge is 0.355 e. The zero-order valence-electron chi connectivity index (χ0n) is 14.4. The van der Waals surface area contributed by atoms with Crippen molar-refractivity contribution in [3.63, 3.8) is 0 Å². The van der Waals surface area contributed by atoms with Crippen LogP contribution in [0.25, 0.3) is 5.69 Å². The molecule has 0 unspecified atom stereocenters. The third-order valence-electron chi connectivity index (χ3n) is 3.81. The van der Waals surface area contributed by atoms with Crippen molar-refractivity contribution in [1.29, 1.82) is 0 Å². The van der Waals surface area contributed by atoms with Crippen LogP contribution in [0.4, 0.5) is 5.69 Å². The van der Waals surface area contributed by atoms with Gasteiger partial charge in [-0.05, 0) is 48.7 Å². The van der Waals surface area contributed by atoms with Crippen molar-refractivity contribution in [1.82, 2.24) is 14.9 Å². The number of benzene rings is 2. The van der Waals surface area contributed by atoms with Gasteiger partial charge < -0.3 is 10.6 Å². The Balaban J connectivity index is 1.76. The molecule has 0 fully saturated rings. The number of carbonyl (C=O) groups is 2. The first kappa shape index (κ1) is 17.8. The van der Waals surface area contributed by atoms with Crippen LogP contribution in [-0.2, 0) is 0 Å². The van der Waals surface area contributed by atoms with Crippen LogP contribution in [0.3, 0.4) is 0 Å². The Labute approximate surface area is 155 Å². The quantitative estimate of drug-likeness (QED) is 0.680. The van der Waals surface area contributed by atoms with Gasteiger partial charge in [-0.1, -0.05) is 17.8 Å². The van der Waals surface area contributed by atoms with Gasteiger partial charge in [0, 0.05) is 41.9 Å². The summed E-state index contributed by atoms with van der Waals surface area (Å²) in [6.07, 6.45) is 5.59. The van der Waals surface area contributed by atoms with Gasteiger partial charge in [0.25, 0.3) is 11.8 Å². The van der Waals surface area contributed by atoms with Crippen molar-refractivity contribution in [2.45, 2.75) is 5.16 Å². The van der Waals surface area contributed by atoms with Crippen molar-refractivity contribution in [3.05, 3.63) is 72.1 Å². The van der Waals surface area contributed by atoms with Crippen LogP contribution in [-0.4, -0.2) is 34.7 Å². The van der Waals surface area contributed by atoms with Crippen molar-refractivity contribution in [3.8, 4) is 5.69 Å². The Bertz CT molecular complexity index is 935. The molecule has 3 aromatic rings. The van der Waals surface area contributed by atoms with Crippen LogP contribution < -0.4 is 10.6 Å². The lowest BCUT2D eigenvalue weighted by atomic mass is 10.1. The molecule has 0 bridgehead atoms. The van der Waals surface area contributed by atoms with Crippen LogP contribution in [0.5, 0.6) is 0 Å².